The molecule has 1 saturated heterocycles. The molecule has 8 heteroatoms. The van der Waals surface area contributed by atoms with Gasteiger partial charge in [0.2, 0.25) is 5.95 Å². The van der Waals surface area contributed by atoms with E-state index in [9.17, 15) is 4.79 Å². The molecule has 0 radical (unpaired) electrons. The normalized spacial score (nSPS) is 19.1. The van der Waals surface area contributed by atoms with Crippen LogP contribution in [-0.4, -0.2) is 41.2 Å². The molecule has 0 saturated carbocycles. The van der Waals surface area contributed by atoms with Gasteiger partial charge in [-0.05, 0) is 17.9 Å². The molecular formula is C22H21N5O2S. The van der Waals surface area contributed by atoms with E-state index in [1.807, 2.05) is 47.8 Å². The quantitative estimate of drug-likeness (QED) is 0.467. The third kappa shape index (κ3) is 3.60. The minimum atomic E-state index is -0.190. The zero-order valence-corrected chi connectivity index (χ0v) is 17.0. The molecule has 1 aliphatic heterocycles. The Labute approximate surface area is 177 Å². The van der Waals surface area contributed by atoms with Crippen molar-refractivity contribution in [3.63, 3.8) is 0 Å². The fourth-order valence-corrected chi connectivity index (χ4v) is 4.53. The van der Waals surface area contributed by atoms with E-state index in [1.165, 1.54) is 11.3 Å². The number of anilines is 2. The predicted octanol–water partition coefficient (Wildman–Crippen LogP) is 3.62. The van der Waals surface area contributed by atoms with Crippen molar-refractivity contribution in [2.75, 3.05) is 23.8 Å². The van der Waals surface area contributed by atoms with Crippen LogP contribution in [0.15, 0.2) is 54.0 Å². The van der Waals surface area contributed by atoms with Crippen LogP contribution < -0.4 is 16.4 Å². The summed E-state index contributed by atoms with van der Waals surface area (Å²) in [5.41, 5.74) is 8.07. The van der Waals surface area contributed by atoms with E-state index >= 15 is 0 Å². The van der Waals surface area contributed by atoms with Crippen LogP contribution in [0.25, 0.3) is 21.0 Å². The molecule has 7 nitrogen and oxygen atoms in total. The Morgan fingerprint density at radius 3 is 2.97 bits per heavy atom. The minimum absolute atomic E-state index is 0.0443. The molecule has 4 N–H and O–H groups in total. The van der Waals surface area contributed by atoms with E-state index in [1.54, 1.807) is 6.20 Å². The van der Waals surface area contributed by atoms with Gasteiger partial charge in [0.05, 0.1) is 28.6 Å². The topological polar surface area (TPSA) is 102 Å². The molecule has 5 rings (SSSR count). The highest BCUT2D eigenvalue weighted by Crippen LogP contribution is 2.28. The maximum absolute atomic E-state index is 13.1. The number of hydrogen-bond acceptors (Lipinski definition) is 7. The van der Waals surface area contributed by atoms with E-state index in [0.717, 1.165) is 27.6 Å². The zero-order valence-electron chi connectivity index (χ0n) is 16.2. The summed E-state index contributed by atoms with van der Waals surface area (Å²) >= 11 is 1.45. The van der Waals surface area contributed by atoms with Gasteiger partial charge in [-0.2, -0.15) is 0 Å². The summed E-state index contributed by atoms with van der Waals surface area (Å²) in [4.78, 5) is 22.1. The van der Waals surface area contributed by atoms with E-state index in [0.29, 0.717) is 30.2 Å². The first kappa shape index (κ1) is 18.9. The van der Waals surface area contributed by atoms with Gasteiger partial charge in [-0.3, -0.25) is 4.79 Å². The van der Waals surface area contributed by atoms with Gasteiger partial charge in [0.15, 0.2) is 0 Å². The molecule has 4 aromatic rings. The number of carbonyl (C=O) groups excluding carboxylic acids is 1. The zero-order chi connectivity index (χ0) is 20.5. The van der Waals surface area contributed by atoms with E-state index in [4.69, 9.17) is 10.5 Å². The summed E-state index contributed by atoms with van der Waals surface area (Å²) in [5.74, 6) is 0.285. The first-order valence-corrected chi connectivity index (χ1v) is 10.7. The second kappa shape index (κ2) is 7.98. The van der Waals surface area contributed by atoms with Gasteiger partial charge >= 0.3 is 0 Å². The van der Waals surface area contributed by atoms with Crippen molar-refractivity contribution in [2.24, 2.45) is 5.73 Å². The number of thiophene rings is 1. The molecule has 30 heavy (non-hydrogen) atoms. The standard InChI is InChI=1S/C22H21N5O2S/c23-16-11-29-9-8-18(16)26-22-24-10-19-20(27-22)15(12-30-19)21(28)25-17-7-3-5-13-4-1-2-6-14(13)17/h1-7,10,12,16,18H,8-9,11,23H2,(H,25,28)(H,24,26,27)/t16-,18+/m0/s1. The number of rotatable bonds is 4. The van der Waals surface area contributed by atoms with Gasteiger partial charge in [0.1, 0.15) is 0 Å². The lowest BCUT2D eigenvalue weighted by molar-refractivity contribution is 0.0751. The number of carbonyl (C=O) groups is 1. The maximum Gasteiger partial charge on any atom is 0.258 e. The summed E-state index contributed by atoms with van der Waals surface area (Å²) in [6.07, 6.45) is 2.54. The Hall–Kier alpha value is -3.07. The summed E-state index contributed by atoms with van der Waals surface area (Å²) < 4.78 is 6.25. The summed E-state index contributed by atoms with van der Waals surface area (Å²) in [7, 11) is 0. The number of hydrogen-bond donors (Lipinski definition) is 3. The third-order valence-electron chi connectivity index (χ3n) is 5.31. The molecule has 0 unspecified atom stereocenters. The number of aromatic nitrogens is 2. The van der Waals surface area contributed by atoms with Crippen molar-refractivity contribution in [2.45, 2.75) is 18.5 Å². The number of nitrogens with zero attached hydrogens (tertiary/aromatic N) is 2. The Bertz CT molecular complexity index is 1220. The number of nitrogens with two attached hydrogens (primary N) is 1. The van der Waals surface area contributed by atoms with Crippen LogP contribution >= 0.6 is 11.3 Å². The minimum Gasteiger partial charge on any atom is -0.380 e. The van der Waals surface area contributed by atoms with Crippen molar-refractivity contribution in [3.05, 3.63) is 59.6 Å². The number of amides is 1. The lowest BCUT2D eigenvalue weighted by Gasteiger charge is -2.29. The van der Waals surface area contributed by atoms with Crippen LogP contribution in [0.2, 0.25) is 0 Å². The lowest BCUT2D eigenvalue weighted by Crippen LogP contribution is -2.47. The smallest absolute Gasteiger partial charge is 0.258 e. The Morgan fingerprint density at radius 1 is 1.20 bits per heavy atom. The maximum atomic E-state index is 13.1. The first-order chi connectivity index (χ1) is 14.7. The Balaban J connectivity index is 1.43. The first-order valence-electron chi connectivity index (χ1n) is 9.82. The number of ether oxygens (including phenoxy) is 1. The van der Waals surface area contributed by atoms with E-state index < -0.39 is 0 Å². The molecule has 0 bridgehead atoms. The van der Waals surface area contributed by atoms with Gasteiger partial charge in [-0.25, -0.2) is 9.97 Å². The summed E-state index contributed by atoms with van der Waals surface area (Å²) in [5, 5.41) is 10.2. The highest BCUT2D eigenvalue weighted by molar-refractivity contribution is 7.17. The molecule has 3 heterocycles. The van der Waals surface area contributed by atoms with Crippen LogP contribution in [0.1, 0.15) is 16.8 Å². The van der Waals surface area contributed by atoms with Crippen LogP contribution in [0.3, 0.4) is 0 Å². The van der Waals surface area contributed by atoms with Gasteiger partial charge in [-0.1, -0.05) is 36.4 Å². The molecule has 0 aliphatic carbocycles. The molecule has 2 aromatic carbocycles. The van der Waals surface area contributed by atoms with E-state index in [-0.39, 0.29) is 18.0 Å². The monoisotopic (exact) mass is 419 g/mol. The summed E-state index contributed by atoms with van der Waals surface area (Å²) in [6, 6.07) is 13.8. The number of fused-ring (bicyclic) bond motifs is 2. The molecule has 152 valence electrons. The lowest BCUT2D eigenvalue weighted by atomic mass is 10.1. The molecule has 1 aliphatic rings. The van der Waals surface area contributed by atoms with Gasteiger partial charge < -0.3 is 21.1 Å². The predicted molar refractivity (Wildman–Crippen MR) is 120 cm³/mol. The highest BCUT2D eigenvalue weighted by Gasteiger charge is 2.23. The van der Waals surface area contributed by atoms with Gasteiger partial charge in [-0.15, -0.1) is 11.3 Å². The second-order valence-electron chi connectivity index (χ2n) is 7.31. The van der Waals surface area contributed by atoms with Gasteiger partial charge in [0.25, 0.3) is 5.91 Å². The fraction of sp³-hybridized carbons (Fsp3) is 0.227. The second-order valence-corrected chi connectivity index (χ2v) is 8.23. The van der Waals surface area contributed by atoms with Crippen LogP contribution in [0.5, 0.6) is 0 Å². The van der Waals surface area contributed by atoms with Crippen molar-refractivity contribution in [1.29, 1.82) is 0 Å². The Morgan fingerprint density at radius 2 is 2.07 bits per heavy atom. The van der Waals surface area contributed by atoms with Crippen molar-refractivity contribution in [3.8, 4) is 0 Å². The number of nitrogens with one attached hydrogen (secondary N) is 2. The van der Waals surface area contributed by atoms with E-state index in [2.05, 4.69) is 20.6 Å². The van der Waals surface area contributed by atoms with Crippen molar-refractivity contribution >= 4 is 49.9 Å². The molecule has 2 atom stereocenters. The third-order valence-corrected chi connectivity index (χ3v) is 6.22. The van der Waals surface area contributed by atoms with Crippen LogP contribution in [0.4, 0.5) is 11.6 Å². The fourth-order valence-electron chi connectivity index (χ4n) is 3.69. The average molecular weight is 420 g/mol. The molecular weight excluding hydrogens is 398 g/mol. The molecule has 1 amide bonds. The van der Waals surface area contributed by atoms with Crippen molar-refractivity contribution < 1.29 is 9.53 Å². The highest BCUT2D eigenvalue weighted by atomic mass is 32.1. The van der Waals surface area contributed by atoms with Crippen molar-refractivity contribution in [1.82, 2.24) is 9.97 Å². The average Bonchev–Trinajstić information content (AvgIpc) is 3.19. The molecule has 1 fully saturated rings. The van der Waals surface area contributed by atoms with Crippen LogP contribution in [-0.2, 0) is 4.74 Å². The molecule has 0 spiro atoms. The molecule has 2 aromatic heterocycles. The Kier molecular flexibility index (Phi) is 5.04. The van der Waals surface area contributed by atoms with Crippen LogP contribution in [0, 0.1) is 0 Å². The van der Waals surface area contributed by atoms with Gasteiger partial charge in [0, 0.05) is 35.1 Å². The summed E-state index contributed by atoms with van der Waals surface area (Å²) in [6.45, 7) is 1.17. The SMILES string of the molecule is N[C@H]1COCC[C@H]1Nc1ncc2scc(C(=O)Nc3cccc4ccccc34)c2n1. The number of benzene rings is 2. The largest absolute Gasteiger partial charge is 0.380 e.